The molecule has 0 unspecified atom stereocenters. The third-order valence-corrected chi connectivity index (χ3v) is 4.53. The Labute approximate surface area is 151 Å². The van der Waals surface area contributed by atoms with Crippen molar-refractivity contribution < 1.29 is 22.7 Å². The molecule has 2 rings (SSSR count). The third kappa shape index (κ3) is 5.23. The van der Waals surface area contributed by atoms with Crippen molar-refractivity contribution in [2.24, 2.45) is 0 Å². The molecule has 0 spiro atoms. The molecule has 0 atom stereocenters. The summed E-state index contributed by atoms with van der Waals surface area (Å²) in [4.78, 5) is 27.5. The fourth-order valence-electron chi connectivity index (χ4n) is 2.44. The van der Waals surface area contributed by atoms with E-state index in [0.29, 0.717) is 32.8 Å². The first kappa shape index (κ1) is 19.3. The topological polar surface area (TPSA) is 96.0 Å². The summed E-state index contributed by atoms with van der Waals surface area (Å²) in [5.41, 5.74) is 0.473. The second kappa shape index (κ2) is 7.92. The summed E-state index contributed by atoms with van der Waals surface area (Å²) in [6, 6.07) is 4.36. The van der Waals surface area contributed by atoms with E-state index in [1.807, 2.05) is 0 Å². The van der Waals surface area contributed by atoms with E-state index in [-0.39, 0.29) is 22.2 Å². The third-order valence-electron chi connectivity index (χ3n) is 3.59. The number of benzene rings is 1. The first-order chi connectivity index (χ1) is 11.7. The molecular formula is C15H20ClN3O5S. The molecule has 10 heteroatoms. The minimum absolute atomic E-state index is 0.208. The zero-order valence-electron chi connectivity index (χ0n) is 14.0. The normalized spacial score (nSPS) is 15.0. The van der Waals surface area contributed by atoms with Crippen molar-refractivity contribution in [2.75, 3.05) is 43.8 Å². The average molecular weight is 390 g/mol. The molecule has 2 amide bonds. The van der Waals surface area contributed by atoms with Crippen LogP contribution in [0.15, 0.2) is 18.2 Å². The average Bonchev–Trinajstić information content (AvgIpc) is 2.55. The van der Waals surface area contributed by atoms with E-state index in [1.165, 1.54) is 23.1 Å². The number of piperazine rings is 1. The fourth-order valence-corrected chi connectivity index (χ4v) is 3.20. The van der Waals surface area contributed by atoms with Gasteiger partial charge in [-0.3, -0.25) is 9.52 Å². The Morgan fingerprint density at radius 2 is 1.80 bits per heavy atom. The number of hydrogen-bond acceptors (Lipinski definition) is 5. The van der Waals surface area contributed by atoms with Crippen LogP contribution >= 0.6 is 11.6 Å². The number of anilines is 1. The summed E-state index contributed by atoms with van der Waals surface area (Å²) in [5, 5.41) is 0.233. The van der Waals surface area contributed by atoms with E-state index in [4.69, 9.17) is 16.3 Å². The maximum atomic E-state index is 12.7. The summed E-state index contributed by atoms with van der Waals surface area (Å²) in [5.74, 6) is -0.314. The lowest BCUT2D eigenvalue weighted by Gasteiger charge is -2.34. The number of nitrogens with zero attached hydrogens (tertiary/aromatic N) is 2. The Bertz CT molecular complexity index is 760. The van der Waals surface area contributed by atoms with E-state index in [0.717, 1.165) is 6.26 Å². The molecular weight excluding hydrogens is 370 g/mol. The van der Waals surface area contributed by atoms with Gasteiger partial charge >= 0.3 is 6.09 Å². The number of carbonyl (C=O) groups is 2. The predicted molar refractivity (Wildman–Crippen MR) is 94.4 cm³/mol. The molecule has 1 aromatic carbocycles. The van der Waals surface area contributed by atoms with E-state index in [9.17, 15) is 18.0 Å². The lowest BCUT2D eigenvalue weighted by atomic mass is 10.1. The van der Waals surface area contributed by atoms with Crippen LogP contribution in [0.1, 0.15) is 17.3 Å². The van der Waals surface area contributed by atoms with Crippen molar-refractivity contribution >= 4 is 39.3 Å². The number of halogens is 1. The molecule has 8 nitrogen and oxygen atoms in total. The van der Waals surface area contributed by atoms with Gasteiger partial charge in [0.1, 0.15) is 0 Å². The van der Waals surface area contributed by atoms with Crippen LogP contribution in [-0.4, -0.2) is 69.3 Å². The Balaban J connectivity index is 2.08. The lowest BCUT2D eigenvalue weighted by Crippen LogP contribution is -2.50. The highest BCUT2D eigenvalue weighted by Gasteiger charge is 2.26. The molecule has 25 heavy (non-hydrogen) atoms. The molecule has 1 aliphatic rings. The van der Waals surface area contributed by atoms with Gasteiger partial charge in [0.25, 0.3) is 5.91 Å². The smallest absolute Gasteiger partial charge is 0.409 e. The molecule has 0 aliphatic carbocycles. The van der Waals surface area contributed by atoms with Crippen molar-refractivity contribution in [3.8, 4) is 0 Å². The first-order valence-electron chi connectivity index (χ1n) is 7.69. The second-order valence-electron chi connectivity index (χ2n) is 5.55. The van der Waals surface area contributed by atoms with Crippen LogP contribution in [0, 0.1) is 0 Å². The number of rotatable bonds is 4. The molecule has 0 saturated carbocycles. The van der Waals surface area contributed by atoms with E-state index >= 15 is 0 Å². The quantitative estimate of drug-likeness (QED) is 0.844. The number of amides is 2. The molecule has 0 aromatic heterocycles. The number of sulfonamides is 1. The van der Waals surface area contributed by atoms with E-state index in [1.54, 1.807) is 11.8 Å². The van der Waals surface area contributed by atoms with Crippen molar-refractivity contribution in [1.82, 2.24) is 9.80 Å². The van der Waals surface area contributed by atoms with Crippen LogP contribution in [-0.2, 0) is 14.8 Å². The predicted octanol–water partition coefficient (Wildman–Crippen LogP) is 1.63. The minimum Gasteiger partial charge on any atom is -0.450 e. The molecule has 1 N–H and O–H groups in total. The van der Waals surface area contributed by atoms with Gasteiger partial charge in [-0.25, -0.2) is 13.2 Å². The molecule has 1 saturated heterocycles. The van der Waals surface area contributed by atoms with Crippen LogP contribution in [0.4, 0.5) is 10.5 Å². The van der Waals surface area contributed by atoms with E-state index < -0.39 is 16.1 Å². The van der Waals surface area contributed by atoms with Crippen LogP contribution in [0.3, 0.4) is 0 Å². The maximum Gasteiger partial charge on any atom is 0.409 e. The highest BCUT2D eigenvalue weighted by molar-refractivity contribution is 7.92. The summed E-state index contributed by atoms with van der Waals surface area (Å²) in [7, 11) is -3.46. The summed E-state index contributed by atoms with van der Waals surface area (Å²) < 4.78 is 29.9. The monoisotopic (exact) mass is 389 g/mol. The van der Waals surface area contributed by atoms with Gasteiger partial charge in [0.05, 0.1) is 23.4 Å². The molecule has 1 aromatic rings. The van der Waals surface area contributed by atoms with Crippen molar-refractivity contribution in [3.63, 3.8) is 0 Å². The Morgan fingerprint density at radius 3 is 2.36 bits per heavy atom. The largest absolute Gasteiger partial charge is 0.450 e. The number of ether oxygens (including phenoxy) is 1. The minimum atomic E-state index is -3.46. The molecule has 1 heterocycles. The molecule has 1 aliphatic heterocycles. The Hall–Kier alpha value is -2.00. The highest BCUT2D eigenvalue weighted by atomic mass is 35.5. The van der Waals surface area contributed by atoms with Gasteiger partial charge in [-0.05, 0) is 25.1 Å². The van der Waals surface area contributed by atoms with E-state index in [2.05, 4.69) is 4.72 Å². The Morgan fingerprint density at radius 1 is 1.20 bits per heavy atom. The van der Waals surface area contributed by atoms with Gasteiger partial charge in [-0.2, -0.15) is 0 Å². The summed E-state index contributed by atoms with van der Waals surface area (Å²) in [6.07, 6.45) is 0.629. The standard InChI is InChI=1S/C15H20ClN3O5S/c1-3-24-15(21)19-8-6-18(7-9-19)14(20)12-10-11(4-5-13(12)16)17-25(2,22)23/h4-5,10,17H,3,6-9H2,1-2H3. The van der Waals surface area contributed by atoms with Crippen molar-refractivity contribution in [3.05, 3.63) is 28.8 Å². The summed E-state index contributed by atoms with van der Waals surface area (Å²) >= 11 is 6.09. The van der Waals surface area contributed by atoms with Crippen LogP contribution in [0.25, 0.3) is 0 Å². The number of carbonyl (C=O) groups excluding carboxylic acids is 2. The zero-order valence-corrected chi connectivity index (χ0v) is 15.6. The van der Waals surface area contributed by atoms with Gasteiger partial charge in [0, 0.05) is 31.9 Å². The zero-order chi connectivity index (χ0) is 18.6. The molecule has 0 radical (unpaired) electrons. The molecule has 1 fully saturated rings. The first-order valence-corrected chi connectivity index (χ1v) is 9.96. The van der Waals surface area contributed by atoms with Crippen molar-refractivity contribution in [1.29, 1.82) is 0 Å². The van der Waals surface area contributed by atoms with Crippen LogP contribution in [0.2, 0.25) is 5.02 Å². The van der Waals surface area contributed by atoms with Gasteiger partial charge in [-0.1, -0.05) is 11.6 Å². The molecule has 0 bridgehead atoms. The maximum absolute atomic E-state index is 12.7. The number of hydrogen-bond donors (Lipinski definition) is 1. The summed E-state index contributed by atoms with van der Waals surface area (Å²) in [6.45, 7) is 3.45. The highest BCUT2D eigenvalue weighted by Crippen LogP contribution is 2.23. The van der Waals surface area contributed by atoms with Gasteiger partial charge in [0.15, 0.2) is 0 Å². The van der Waals surface area contributed by atoms with Crippen molar-refractivity contribution in [2.45, 2.75) is 6.92 Å². The van der Waals surface area contributed by atoms with Gasteiger partial charge in [-0.15, -0.1) is 0 Å². The second-order valence-corrected chi connectivity index (χ2v) is 7.70. The van der Waals surface area contributed by atoms with Gasteiger partial charge in [0.2, 0.25) is 10.0 Å². The van der Waals surface area contributed by atoms with Crippen LogP contribution < -0.4 is 4.72 Å². The number of nitrogens with one attached hydrogen (secondary N) is 1. The van der Waals surface area contributed by atoms with Gasteiger partial charge < -0.3 is 14.5 Å². The van der Waals surface area contributed by atoms with Crippen LogP contribution in [0.5, 0.6) is 0 Å². The lowest BCUT2D eigenvalue weighted by molar-refractivity contribution is 0.0570. The fraction of sp³-hybridized carbons (Fsp3) is 0.467. The molecule has 138 valence electrons. The SMILES string of the molecule is CCOC(=O)N1CCN(C(=O)c2cc(NS(C)(=O)=O)ccc2Cl)CC1. The Kier molecular flexibility index (Phi) is 6.12.